The molecule has 5 nitrogen and oxygen atoms in total. The van der Waals surface area contributed by atoms with Crippen molar-refractivity contribution < 1.29 is 22.7 Å². The van der Waals surface area contributed by atoms with E-state index in [9.17, 15) is 18.0 Å². The number of rotatable bonds is 4. The Morgan fingerprint density at radius 1 is 1.50 bits per heavy atom. The number of nitrogens with zero attached hydrogens (tertiary/aromatic N) is 2. The number of carbonyl (C=O) groups is 1. The highest BCUT2D eigenvalue weighted by molar-refractivity contribution is 5.75. The first-order valence-electron chi connectivity index (χ1n) is 6.98. The maximum atomic E-state index is 12.5. The zero-order valence-electron chi connectivity index (χ0n) is 12.4. The number of aromatic nitrogens is 1. The lowest BCUT2D eigenvalue weighted by Gasteiger charge is -2.38. The van der Waals surface area contributed by atoms with Crippen molar-refractivity contribution in [2.45, 2.75) is 26.1 Å². The molecule has 2 heterocycles. The van der Waals surface area contributed by atoms with Crippen LogP contribution in [0.1, 0.15) is 19.5 Å². The molecule has 1 N–H and O–H groups in total. The zero-order valence-corrected chi connectivity index (χ0v) is 12.4. The standard InChI is InChI=1S/C14H18F3N3O2/c1-9(2)6-19-13(21)20-7-11(8-20)22-10-3-4-18-12(5-10)14(15,16)17/h3-5,9,11H,6-8H2,1-2H3,(H,19,21). The lowest BCUT2D eigenvalue weighted by molar-refractivity contribution is -0.141. The third kappa shape index (κ3) is 4.25. The maximum Gasteiger partial charge on any atom is 0.433 e. The van der Waals surface area contributed by atoms with Gasteiger partial charge >= 0.3 is 12.2 Å². The molecule has 0 aromatic carbocycles. The van der Waals surface area contributed by atoms with E-state index in [2.05, 4.69) is 10.3 Å². The van der Waals surface area contributed by atoms with Crippen molar-refractivity contribution >= 4 is 6.03 Å². The average molecular weight is 317 g/mol. The second-order valence-corrected chi connectivity index (χ2v) is 5.60. The van der Waals surface area contributed by atoms with Gasteiger partial charge in [0.15, 0.2) is 0 Å². The van der Waals surface area contributed by atoms with Crippen LogP contribution in [0.15, 0.2) is 18.3 Å². The molecule has 0 aliphatic carbocycles. The highest BCUT2D eigenvalue weighted by Gasteiger charge is 2.35. The number of carbonyl (C=O) groups excluding carboxylic acids is 1. The fourth-order valence-corrected chi connectivity index (χ4v) is 1.91. The summed E-state index contributed by atoms with van der Waals surface area (Å²) < 4.78 is 43.0. The number of halogens is 3. The first kappa shape index (κ1) is 16.4. The molecule has 1 aliphatic heterocycles. The molecule has 0 bridgehead atoms. The summed E-state index contributed by atoms with van der Waals surface area (Å²) in [5.74, 6) is 0.462. The van der Waals surface area contributed by atoms with Gasteiger partial charge in [-0.05, 0) is 12.0 Å². The molecule has 0 saturated carbocycles. The van der Waals surface area contributed by atoms with Gasteiger partial charge in [-0.3, -0.25) is 4.98 Å². The van der Waals surface area contributed by atoms with Gasteiger partial charge in [0.25, 0.3) is 0 Å². The molecule has 122 valence electrons. The molecule has 8 heteroatoms. The van der Waals surface area contributed by atoms with Crippen LogP contribution in [0.25, 0.3) is 0 Å². The van der Waals surface area contributed by atoms with Crippen LogP contribution >= 0.6 is 0 Å². The molecule has 1 aromatic heterocycles. The highest BCUT2D eigenvalue weighted by Crippen LogP contribution is 2.30. The SMILES string of the molecule is CC(C)CNC(=O)N1CC(Oc2ccnc(C(F)(F)F)c2)C1. The van der Waals surface area contributed by atoms with Crippen LogP contribution in [-0.4, -0.2) is 41.7 Å². The molecule has 1 fully saturated rings. The quantitative estimate of drug-likeness (QED) is 0.928. The van der Waals surface area contributed by atoms with Gasteiger partial charge in [-0.15, -0.1) is 0 Å². The van der Waals surface area contributed by atoms with Gasteiger partial charge in [-0.25, -0.2) is 4.79 Å². The molecular weight excluding hydrogens is 299 g/mol. The van der Waals surface area contributed by atoms with E-state index in [1.54, 1.807) is 4.90 Å². The van der Waals surface area contributed by atoms with Crippen molar-refractivity contribution in [1.82, 2.24) is 15.2 Å². The summed E-state index contributed by atoms with van der Waals surface area (Å²) >= 11 is 0. The normalized spacial score (nSPS) is 15.6. The van der Waals surface area contributed by atoms with Crippen LogP contribution in [-0.2, 0) is 6.18 Å². The molecule has 0 atom stereocenters. The molecule has 1 aromatic rings. The Morgan fingerprint density at radius 2 is 2.18 bits per heavy atom. The van der Waals surface area contributed by atoms with E-state index in [0.717, 1.165) is 12.3 Å². The number of urea groups is 1. The summed E-state index contributed by atoms with van der Waals surface area (Å²) in [6.45, 7) is 5.27. The molecular formula is C14H18F3N3O2. The third-order valence-corrected chi connectivity index (χ3v) is 3.12. The van der Waals surface area contributed by atoms with Crippen LogP contribution in [0.4, 0.5) is 18.0 Å². The Kier molecular flexibility index (Phi) is 4.77. The minimum absolute atomic E-state index is 0.106. The summed E-state index contributed by atoms with van der Waals surface area (Å²) in [5.41, 5.74) is -0.990. The Hall–Kier alpha value is -1.99. The van der Waals surface area contributed by atoms with Gasteiger partial charge in [0, 0.05) is 18.8 Å². The van der Waals surface area contributed by atoms with Gasteiger partial charge in [-0.2, -0.15) is 13.2 Å². The topological polar surface area (TPSA) is 54.5 Å². The van der Waals surface area contributed by atoms with Gasteiger partial charge in [-0.1, -0.05) is 13.8 Å². The highest BCUT2D eigenvalue weighted by atomic mass is 19.4. The van der Waals surface area contributed by atoms with Crippen molar-refractivity contribution in [3.63, 3.8) is 0 Å². The smallest absolute Gasteiger partial charge is 0.433 e. The van der Waals surface area contributed by atoms with Crippen LogP contribution in [0.3, 0.4) is 0 Å². The summed E-state index contributed by atoms with van der Waals surface area (Å²) in [4.78, 5) is 16.5. The lowest BCUT2D eigenvalue weighted by Crippen LogP contribution is -2.59. The molecule has 1 aliphatic rings. The number of alkyl halides is 3. The minimum atomic E-state index is -4.50. The Labute approximate surface area is 126 Å². The van der Waals surface area contributed by atoms with Gasteiger partial charge in [0.1, 0.15) is 17.5 Å². The van der Waals surface area contributed by atoms with E-state index in [4.69, 9.17) is 4.74 Å². The van der Waals surface area contributed by atoms with Crippen LogP contribution < -0.4 is 10.1 Å². The number of likely N-dealkylation sites (tertiary alicyclic amines) is 1. The second kappa shape index (κ2) is 6.41. The molecule has 1 saturated heterocycles. The van der Waals surface area contributed by atoms with Gasteiger partial charge < -0.3 is 15.0 Å². The Morgan fingerprint density at radius 3 is 2.77 bits per heavy atom. The summed E-state index contributed by atoms with van der Waals surface area (Å²) in [6.07, 6.45) is -3.74. The number of hydrogen-bond acceptors (Lipinski definition) is 3. The van der Waals surface area contributed by atoms with Crippen molar-refractivity contribution in [1.29, 1.82) is 0 Å². The van der Waals surface area contributed by atoms with Crippen LogP contribution in [0.5, 0.6) is 5.75 Å². The van der Waals surface area contributed by atoms with E-state index in [0.29, 0.717) is 25.6 Å². The molecule has 22 heavy (non-hydrogen) atoms. The maximum absolute atomic E-state index is 12.5. The molecule has 2 rings (SSSR count). The van der Waals surface area contributed by atoms with E-state index in [-0.39, 0.29) is 17.9 Å². The third-order valence-electron chi connectivity index (χ3n) is 3.12. The minimum Gasteiger partial charge on any atom is -0.487 e. The molecule has 0 unspecified atom stereocenters. The monoisotopic (exact) mass is 317 g/mol. The first-order valence-corrected chi connectivity index (χ1v) is 6.98. The second-order valence-electron chi connectivity index (χ2n) is 5.60. The molecule has 2 amide bonds. The zero-order chi connectivity index (χ0) is 16.3. The Balaban J connectivity index is 1.82. The predicted molar refractivity (Wildman–Crippen MR) is 73.5 cm³/mol. The lowest BCUT2D eigenvalue weighted by atomic mass is 10.2. The number of ether oxygens (including phenoxy) is 1. The first-order chi connectivity index (χ1) is 10.3. The Bertz CT molecular complexity index is 528. The van der Waals surface area contributed by atoms with Crippen molar-refractivity contribution in [2.75, 3.05) is 19.6 Å². The van der Waals surface area contributed by atoms with Crippen LogP contribution in [0.2, 0.25) is 0 Å². The number of hydrogen-bond donors (Lipinski definition) is 1. The van der Waals surface area contributed by atoms with Gasteiger partial charge in [0.2, 0.25) is 0 Å². The van der Waals surface area contributed by atoms with Crippen LogP contribution in [0, 0.1) is 5.92 Å². The fraction of sp³-hybridized carbons (Fsp3) is 0.571. The average Bonchev–Trinajstić information content (AvgIpc) is 2.39. The van der Waals surface area contributed by atoms with Gasteiger partial charge in [0.05, 0.1) is 13.1 Å². The summed E-state index contributed by atoms with van der Waals surface area (Å²) in [6, 6.07) is 2.05. The number of pyridine rings is 1. The summed E-state index contributed by atoms with van der Waals surface area (Å²) in [5, 5.41) is 2.77. The summed E-state index contributed by atoms with van der Waals surface area (Å²) in [7, 11) is 0. The predicted octanol–water partition coefficient (Wildman–Crippen LogP) is 2.53. The van der Waals surface area contributed by atoms with E-state index in [1.807, 2.05) is 13.8 Å². The van der Waals surface area contributed by atoms with E-state index in [1.165, 1.54) is 6.07 Å². The van der Waals surface area contributed by atoms with Crippen molar-refractivity contribution in [2.24, 2.45) is 5.92 Å². The fourth-order valence-electron chi connectivity index (χ4n) is 1.91. The van der Waals surface area contributed by atoms with E-state index >= 15 is 0 Å². The number of amides is 2. The van der Waals surface area contributed by atoms with E-state index < -0.39 is 11.9 Å². The molecule has 0 radical (unpaired) electrons. The number of nitrogens with one attached hydrogen (secondary N) is 1. The van der Waals surface area contributed by atoms with Crippen molar-refractivity contribution in [3.05, 3.63) is 24.0 Å². The largest absolute Gasteiger partial charge is 0.487 e. The van der Waals surface area contributed by atoms with Crippen molar-refractivity contribution in [3.8, 4) is 5.75 Å². The molecule has 0 spiro atoms.